The Bertz CT molecular complexity index is 636. The minimum Gasteiger partial charge on any atom is -0.325 e. The molecule has 24 heavy (non-hydrogen) atoms. The lowest BCUT2D eigenvalue weighted by molar-refractivity contribution is 0.214. The normalized spacial score (nSPS) is 17.2. The van der Waals surface area contributed by atoms with Gasteiger partial charge in [0.25, 0.3) is 0 Å². The van der Waals surface area contributed by atoms with Gasteiger partial charge in [0.15, 0.2) is 0 Å². The van der Waals surface area contributed by atoms with Gasteiger partial charge in [-0.05, 0) is 50.5 Å². The van der Waals surface area contributed by atoms with Crippen LogP contribution in [-0.4, -0.2) is 38.5 Å². The van der Waals surface area contributed by atoms with Crippen LogP contribution in [0, 0.1) is 0 Å². The van der Waals surface area contributed by atoms with Gasteiger partial charge >= 0.3 is 6.03 Å². The van der Waals surface area contributed by atoms with Crippen molar-refractivity contribution in [1.29, 1.82) is 0 Å². The number of rotatable bonds is 5. The predicted octanol–water partition coefficient (Wildman–Crippen LogP) is 3.17. The van der Waals surface area contributed by atoms with Crippen molar-refractivity contribution in [2.75, 3.05) is 18.4 Å². The molecule has 1 aliphatic heterocycles. The number of likely N-dealkylation sites (tertiary alicyclic amines) is 1. The second-order valence-corrected chi connectivity index (χ2v) is 8.00. The topological polar surface area (TPSA) is 78.5 Å². The van der Waals surface area contributed by atoms with E-state index < -0.39 is 10.0 Å². The number of hydrogen-bond donors (Lipinski definition) is 2. The summed E-state index contributed by atoms with van der Waals surface area (Å²) < 4.78 is 27.0. The lowest BCUT2D eigenvalue weighted by atomic mass is 10.2. The molecule has 7 heteroatoms. The third kappa shape index (κ3) is 5.21. The number of benzene rings is 1. The molecule has 0 saturated carbocycles. The molecule has 0 aliphatic carbocycles. The highest BCUT2D eigenvalue weighted by Gasteiger charge is 2.18. The molecule has 2 N–H and O–H groups in total. The number of nitrogens with zero attached hydrogens (tertiary/aromatic N) is 1. The van der Waals surface area contributed by atoms with E-state index in [1.807, 2.05) is 18.7 Å². The molecule has 1 aliphatic rings. The quantitative estimate of drug-likeness (QED) is 0.853. The van der Waals surface area contributed by atoms with E-state index in [1.54, 1.807) is 12.1 Å². The van der Waals surface area contributed by atoms with Crippen molar-refractivity contribution >= 4 is 21.7 Å². The Morgan fingerprint density at radius 3 is 2.25 bits per heavy atom. The molecule has 0 radical (unpaired) electrons. The molecule has 1 aromatic rings. The molecule has 1 heterocycles. The largest absolute Gasteiger partial charge is 0.325 e. The third-order valence-electron chi connectivity index (χ3n) is 4.28. The lowest BCUT2D eigenvalue weighted by Crippen LogP contribution is -2.35. The molecule has 0 bridgehead atoms. The van der Waals surface area contributed by atoms with Crippen LogP contribution in [0.1, 0.15) is 46.0 Å². The van der Waals surface area contributed by atoms with Crippen molar-refractivity contribution in [3.05, 3.63) is 24.3 Å². The SMILES string of the molecule is CC[C@H](C)NS(=O)(=O)c1ccc(NC(=O)N2CCCCCC2)cc1. The second-order valence-electron chi connectivity index (χ2n) is 6.29. The molecule has 6 nitrogen and oxygen atoms in total. The van der Waals surface area contributed by atoms with E-state index in [0.29, 0.717) is 5.69 Å². The minimum absolute atomic E-state index is 0.114. The van der Waals surface area contributed by atoms with Crippen LogP contribution in [0.2, 0.25) is 0 Å². The molecule has 2 amide bonds. The van der Waals surface area contributed by atoms with Crippen molar-refractivity contribution < 1.29 is 13.2 Å². The summed E-state index contributed by atoms with van der Waals surface area (Å²) in [4.78, 5) is 14.3. The zero-order valence-corrected chi connectivity index (χ0v) is 15.2. The molecular weight excluding hydrogens is 326 g/mol. The second kappa shape index (κ2) is 8.48. The molecule has 1 atom stereocenters. The van der Waals surface area contributed by atoms with Gasteiger partial charge in [-0.25, -0.2) is 17.9 Å². The highest BCUT2D eigenvalue weighted by Crippen LogP contribution is 2.16. The number of carbonyl (C=O) groups excluding carboxylic acids is 1. The van der Waals surface area contributed by atoms with Crippen molar-refractivity contribution in [2.45, 2.75) is 56.9 Å². The van der Waals surface area contributed by atoms with Gasteiger partial charge in [0.05, 0.1) is 4.90 Å². The van der Waals surface area contributed by atoms with Crippen LogP contribution in [0.5, 0.6) is 0 Å². The van der Waals surface area contributed by atoms with Gasteiger partial charge in [0, 0.05) is 24.8 Å². The summed E-state index contributed by atoms with van der Waals surface area (Å²) >= 11 is 0. The summed E-state index contributed by atoms with van der Waals surface area (Å²) in [5.74, 6) is 0. The Morgan fingerprint density at radius 1 is 1.12 bits per heavy atom. The van der Waals surface area contributed by atoms with Crippen molar-refractivity contribution in [2.24, 2.45) is 0 Å². The van der Waals surface area contributed by atoms with E-state index in [4.69, 9.17) is 0 Å². The molecule has 1 saturated heterocycles. The maximum absolute atomic E-state index is 12.3. The summed E-state index contributed by atoms with van der Waals surface area (Å²) in [6.45, 7) is 5.30. The lowest BCUT2D eigenvalue weighted by Gasteiger charge is -2.20. The predicted molar refractivity (Wildman–Crippen MR) is 95.6 cm³/mol. The molecular formula is C17H27N3O3S. The molecule has 0 aromatic heterocycles. The summed E-state index contributed by atoms with van der Waals surface area (Å²) in [5, 5.41) is 2.84. The first-order valence-corrected chi connectivity index (χ1v) is 10.1. The number of hydrogen-bond acceptors (Lipinski definition) is 3. The Labute approximate surface area is 144 Å². The van der Waals surface area contributed by atoms with Crippen LogP contribution in [-0.2, 0) is 10.0 Å². The van der Waals surface area contributed by atoms with Crippen molar-refractivity contribution in [1.82, 2.24) is 9.62 Å². The minimum atomic E-state index is -3.52. The summed E-state index contributed by atoms with van der Waals surface area (Å²) in [5.41, 5.74) is 0.603. The fourth-order valence-electron chi connectivity index (χ4n) is 2.61. The van der Waals surface area contributed by atoms with Crippen LogP contribution in [0.3, 0.4) is 0 Å². The number of urea groups is 1. The molecule has 1 aromatic carbocycles. The van der Waals surface area contributed by atoms with Crippen molar-refractivity contribution in [3.8, 4) is 0 Å². The molecule has 1 fully saturated rings. The molecule has 0 spiro atoms. The monoisotopic (exact) mass is 353 g/mol. The van der Waals surface area contributed by atoms with E-state index in [1.165, 1.54) is 25.0 Å². The molecule has 134 valence electrons. The zero-order chi connectivity index (χ0) is 17.6. The van der Waals surface area contributed by atoms with E-state index in [2.05, 4.69) is 10.0 Å². The maximum atomic E-state index is 12.3. The van der Waals surface area contributed by atoms with Crippen LogP contribution < -0.4 is 10.0 Å². The Balaban J connectivity index is 2.00. The fraction of sp³-hybridized carbons (Fsp3) is 0.588. The average Bonchev–Trinajstić information content (AvgIpc) is 2.84. The standard InChI is InChI=1S/C17H27N3O3S/c1-3-14(2)19-24(22,23)16-10-8-15(9-11-16)18-17(21)20-12-6-4-5-7-13-20/h8-11,14,19H,3-7,12-13H2,1-2H3,(H,18,21)/t14-/m0/s1. The first kappa shape index (κ1) is 18.7. The van der Waals surface area contributed by atoms with Crippen LogP contribution in [0.15, 0.2) is 29.2 Å². The first-order valence-electron chi connectivity index (χ1n) is 8.60. The third-order valence-corrected chi connectivity index (χ3v) is 5.88. The van der Waals surface area contributed by atoms with E-state index in [9.17, 15) is 13.2 Å². The highest BCUT2D eigenvalue weighted by molar-refractivity contribution is 7.89. The Morgan fingerprint density at radius 2 is 1.71 bits per heavy atom. The number of carbonyl (C=O) groups is 1. The fourth-order valence-corrected chi connectivity index (χ4v) is 3.94. The molecule has 0 unspecified atom stereocenters. The smallest absolute Gasteiger partial charge is 0.321 e. The Hall–Kier alpha value is -1.60. The highest BCUT2D eigenvalue weighted by atomic mass is 32.2. The summed E-state index contributed by atoms with van der Waals surface area (Å²) in [7, 11) is -3.52. The van der Waals surface area contributed by atoms with Crippen molar-refractivity contribution in [3.63, 3.8) is 0 Å². The van der Waals surface area contributed by atoms with E-state index in [-0.39, 0.29) is 17.0 Å². The van der Waals surface area contributed by atoms with Gasteiger partial charge in [-0.3, -0.25) is 0 Å². The Kier molecular flexibility index (Phi) is 6.62. The van der Waals surface area contributed by atoms with Gasteiger partial charge in [-0.2, -0.15) is 0 Å². The first-order chi connectivity index (χ1) is 11.4. The van der Waals surface area contributed by atoms with Gasteiger partial charge in [-0.15, -0.1) is 0 Å². The average molecular weight is 353 g/mol. The van der Waals surface area contributed by atoms with E-state index in [0.717, 1.165) is 32.4 Å². The number of sulfonamides is 1. The van der Waals surface area contributed by atoms with Crippen LogP contribution in [0.4, 0.5) is 10.5 Å². The zero-order valence-electron chi connectivity index (χ0n) is 14.4. The molecule has 2 rings (SSSR count). The maximum Gasteiger partial charge on any atom is 0.321 e. The van der Waals surface area contributed by atoms with E-state index >= 15 is 0 Å². The van der Waals surface area contributed by atoms with Gasteiger partial charge in [0.1, 0.15) is 0 Å². The number of amides is 2. The number of anilines is 1. The number of nitrogens with one attached hydrogen (secondary N) is 2. The van der Waals surface area contributed by atoms with Gasteiger partial charge in [-0.1, -0.05) is 19.8 Å². The van der Waals surface area contributed by atoms with Gasteiger partial charge in [0.2, 0.25) is 10.0 Å². The summed E-state index contributed by atoms with van der Waals surface area (Å²) in [6.07, 6.45) is 5.13. The van der Waals surface area contributed by atoms with Crippen LogP contribution >= 0.6 is 0 Å². The van der Waals surface area contributed by atoms with Gasteiger partial charge < -0.3 is 10.2 Å². The summed E-state index contributed by atoms with van der Waals surface area (Å²) in [6, 6.07) is 6.05. The van der Waals surface area contributed by atoms with Crippen LogP contribution in [0.25, 0.3) is 0 Å².